The normalized spacial score (nSPS) is 13.6. The summed E-state index contributed by atoms with van der Waals surface area (Å²) < 4.78 is 13.2. The Balaban J connectivity index is 2.98. The molecule has 1 aromatic rings. The van der Waals surface area contributed by atoms with Crippen LogP contribution in [0.3, 0.4) is 0 Å². The first kappa shape index (κ1) is 16.1. The molecule has 1 rings (SSSR count). The van der Waals surface area contributed by atoms with Crippen LogP contribution >= 0.6 is 0 Å². The summed E-state index contributed by atoms with van der Waals surface area (Å²) in [7, 11) is 0. The van der Waals surface area contributed by atoms with Crippen LogP contribution in [0.2, 0.25) is 0 Å². The number of halogens is 1. The van der Waals surface area contributed by atoms with E-state index in [1.165, 1.54) is 29.2 Å². The van der Waals surface area contributed by atoms with E-state index in [4.69, 9.17) is 5.11 Å². The number of nitrogens with zero attached hydrogens (tertiary/aromatic N) is 1. The minimum absolute atomic E-state index is 0.104. The van der Waals surface area contributed by atoms with Gasteiger partial charge in [-0.3, -0.25) is 9.59 Å². The van der Waals surface area contributed by atoms with Crippen LogP contribution in [-0.4, -0.2) is 34.5 Å². The Labute approximate surface area is 118 Å². The summed E-state index contributed by atoms with van der Waals surface area (Å²) in [6.07, 6.45) is 0.702. The highest BCUT2D eigenvalue weighted by Crippen LogP contribution is 2.14. The first-order valence-corrected chi connectivity index (χ1v) is 6.66. The van der Waals surface area contributed by atoms with E-state index in [2.05, 4.69) is 0 Å². The lowest BCUT2D eigenvalue weighted by atomic mass is 10.1. The Morgan fingerprint density at radius 3 is 2.50 bits per heavy atom. The Hall–Kier alpha value is -1.91. The highest BCUT2D eigenvalue weighted by molar-refractivity contribution is 5.94. The van der Waals surface area contributed by atoms with Crippen molar-refractivity contribution in [2.24, 2.45) is 5.92 Å². The molecule has 5 heteroatoms. The molecular formula is C15H20FNO3. The molecule has 0 saturated heterocycles. The Morgan fingerprint density at radius 1 is 1.35 bits per heavy atom. The fourth-order valence-electron chi connectivity index (χ4n) is 1.84. The molecule has 0 aliphatic heterocycles. The van der Waals surface area contributed by atoms with E-state index in [-0.39, 0.29) is 24.1 Å². The van der Waals surface area contributed by atoms with Crippen molar-refractivity contribution in [1.29, 1.82) is 0 Å². The van der Waals surface area contributed by atoms with Crippen LogP contribution in [0, 0.1) is 11.7 Å². The van der Waals surface area contributed by atoms with Gasteiger partial charge >= 0.3 is 5.97 Å². The Kier molecular flexibility index (Phi) is 5.67. The highest BCUT2D eigenvalue weighted by Gasteiger charge is 2.25. The smallest absolute Gasteiger partial charge is 0.308 e. The third-order valence-corrected chi connectivity index (χ3v) is 3.35. The lowest BCUT2D eigenvalue weighted by Crippen LogP contribution is -2.42. The lowest BCUT2D eigenvalue weighted by molar-refractivity contribution is -0.141. The third-order valence-electron chi connectivity index (χ3n) is 3.35. The van der Waals surface area contributed by atoms with Crippen LogP contribution in [0.1, 0.15) is 37.6 Å². The standard InChI is InChI=1S/C15H20FNO3/c1-4-11(3)17(9-10(2)15(19)20)14(18)12-6-5-7-13(16)8-12/h5-8,10-11H,4,9H2,1-3H3,(H,19,20). The van der Waals surface area contributed by atoms with E-state index in [1.807, 2.05) is 13.8 Å². The number of carboxylic acids is 1. The van der Waals surface area contributed by atoms with Gasteiger partial charge in [-0.2, -0.15) is 0 Å². The molecule has 0 aromatic heterocycles. The molecule has 1 amide bonds. The summed E-state index contributed by atoms with van der Waals surface area (Å²) in [5.41, 5.74) is 0.239. The molecule has 110 valence electrons. The van der Waals surface area contributed by atoms with Crippen molar-refractivity contribution in [3.63, 3.8) is 0 Å². The minimum atomic E-state index is -0.953. The maximum atomic E-state index is 13.2. The quantitative estimate of drug-likeness (QED) is 0.872. The molecule has 2 atom stereocenters. The molecule has 0 radical (unpaired) electrons. The second-order valence-electron chi connectivity index (χ2n) is 4.96. The van der Waals surface area contributed by atoms with Gasteiger partial charge in [0.25, 0.3) is 5.91 Å². The topological polar surface area (TPSA) is 57.6 Å². The van der Waals surface area contributed by atoms with E-state index in [0.29, 0.717) is 6.42 Å². The maximum absolute atomic E-state index is 13.2. The third kappa shape index (κ3) is 4.05. The van der Waals surface area contributed by atoms with Crippen LogP contribution in [0.5, 0.6) is 0 Å². The predicted molar refractivity (Wildman–Crippen MR) is 74.0 cm³/mol. The number of benzene rings is 1. The van der Waals surface area contributed by atoms with Gasteiger partial charge in [0, 0.05) is 18.2 Å². The van der Waals surface area contributed by atoms with E-state index in [0.717, 1.165) is 0 Å². The zero-order valence-corrected chi connectivity index (χ0v) is 12.0. The average molecular weight is 281 g/mol. The van der Waals surface area contributed by atoms with Gasteiger partial charge in [0.15, 0.2) is 0 Å². The van der Waals surface area contributed by atoms with Crippen LogP contribution in [0.4, 0.5) is 4.39 Å². The van der Waals surface area contributed by atoms with Crippen molar-refractivity contribution in [2.45, 2.75) is 33.2 Å². The lowest BCUT2D eigenvalue weighted by Gasteiger charge is -2.30. The number of aliphatic carboxylic acids is 1. The molecule has 0 saturated carbocycles. The number of hydrogen-bond donors (Lipinski definition) is 1. The van der Waals surface area contributed by atoms with Crippen LogP contribution in [0.15, 0.2) is 24.3 Å². The van der Waals surface area contributed by atoms with Gasteiger partial charge in [-0.05, 0) is 31.5 Å². The van der Waals surface area contributed by atoms with E-state index < -0.39 is 17.7 Å². The maximum Gasteiger partial charge on any atom is 0.308 e. The monoisotopic (exact) mass is 281 g/mol. The molecule has 20 heavy (non-hydrogen) atoms. The van der Waals surface area contributed by atoms with Crippen molar-refractivity contribution < 1.29 is 19.1 Å². The fourth-order valence-corrected chi connectivity index (χ4v) is 1.84. The number of hydrogen-bond acceptors (Lipinski definition) is 2. The van der Waals surface area contributed by atoms with Gasteiger partial charge < -0.3 is 10.0 Å². The predicted octanol–water partition coefficient (Wildman–Crippen LogP) is 2.79. The molecule has 0 aliphatic rings. The molecule has 2 unspecified atom stereocenters. The van der Waals surface area contributed by atoms with Gasteiger partial charge in [-0.15, -0.1) is 0 Å². The molecule has 0 heterocycles. The van der Waals surface area contributed by atoms with Crippen LogP contribution in [-0.2, 0) is 4.79 Å². The first-order chi connectivity index (χ1) is 9.36. The van der Waals surface area contributed by atoms with E-state index in [1.54, 1.807) is 6.92 Å². The zero-order valence-electron chi connectivity index (χ0n) is 12.0. The second-order valence-corrected chi connectivity index (χ2v) is 4.96. The number of amides is 1. The first-order valence-electron chi connectivity index (χ1n) is 6.66. The summed E-state index contributed by atoms with van der Waals surface area (Å²) in [6.45, 7) is 5.43. The Bertz CT molecular complexity index is 490. The van der Waals surface area contributed by atoms with Gasteiger partial charge in [0.1, 0.15) is 5.82 Å². The van der Waals surface area contributed by atoms with Gasteiger partial charge in [0.05, 0.1) is 5.92 Å². The largest absolute Gasteiger partial charge is 0.481 e. The van der Waals surface area contributed by atoms with Crippen LogP contribution in [0.25, 0.3) is 0 Å². The van der Waals surface area contributed by atoms with Gasteiger partial charge in [-0.25, -0.2) is 4.39 Å². The summed E-state index contributed by atoms with van der Waals surface area (Å²) in [4.78, 5) is 24.9. The van der Waals surface area contributed by atoms with Crippen molar-refractivity contribution >= 4 is 11.9 Å². The molecule has 4 nitrogen and oxygen atoms in total. The van der Waals surface area contributed by atoms with Crippen molar-refractivity contribution in [3.05, 3.63) is 35.6 Å². The Morgan fingerprint density at radius 2 is 2.00 bits per heavy atom. The zero-order chi connectivity index (χ0) is 15.3. The van der Waals surface area contributed by atoms with E-state index >= 15 is 0 Å². The van der Waals surface area contributed by atoms with Gasteiger partial charge in [0.2, 0.25) is 0 Å². The molecule has 1 N–H and O–H groups in total. The minimum Gasteiger partial charge on any atom is -0.481 e. The van der Waals surface area contributed by atoms with Crippen molar-refractivity contribution in [1.82, 2.24) is 4.90 Å². The molecule has 0 fully saturated rings. The summed E-state index contributed by atoms with van der Waals surface area (Å²) in [5, 5.41) is 8.98. The number of rotatable bonds is 6. The van der Waals surface area contributed by atoms with Crippen LogP contribution < -0.4 is 0 Å². The van der Waals surface area contributed by atoms with E-state index in [9.17, 15) is 14.0 Å². The number of carbonyl (C=O) groups is 2. The molecule has 0 aliphatic carbocycles. The molecule has 0 bridgehead atoms. The highest BCUT2D eigenvalue weighted by atomic mass is 19.1. The average Bonchev–Trinajstić information content (AvgIpc) is 2.42. The number of carboxylic acid groups (broad SMARTS) is 1. The fraction of sp³-hybridized carbons (Fsp3) is 0.467. The van der Waals surface area contributed by atoms with Crippen molar-refractivity contribution in [2.75, 3.05) is 6.54 Å². The summed E-state index contributed by atoms with van der Waals surface area (Å²) in [5.74, 6) is -2.44. The molecular weight excluding hydrogens is 261 g/mol. The molecule has 1 aromatic carbocycles. The number of carbonyl (C=O) groups excluding carboxylic acids is 1. The summed E-state index contributed by atoms with van der Waals surface area (Å²) >= 11 is 0. The SMILES string of the molecule is CCC(C)N(CC(C)C(=O)O)C(=O)c1cccc(F)c1. The second kappa shape index (κ2) is 7.03. The molecule has 0 spiro atoms. The van der Waals surface area contributed by atoms with Gasteiger partial charge in [-0.1, -0.05) is 19.9 Å². The van der Waals surface area contributed by atoms with Crippen molar-refractivity contribution in [3.8, 4) is 0 Å². The summed E-state index contributed by atoms with van der Waals surface area (Å²) in [6, 6.07) is 5.34.